The lowest BCUT2D eigenvalue weighted by molar-refractivity contribution is 0.0711. The van der Waals surface area contributed by atoms with Gasteiger partial charge in [0.1, 0.15) is 18.4 Å². The molecule has 2 amide bonds. The monoisotopic (exact) mass is 507 g/mol. The third kappa shape index (κ3) is 5.23. The molecule has 2 aromatic carbocycles. The molecule has 0 saturated carbocycles. The zero-order valence-electron chi connectivity index (χ0n) is 19.8. The van der Waals surface area contributed by atoms with Gasteiger partial charge in [0.15, 0.2) is 11.5 Å². The minimum Gasteiger partial charge on any atom is -0.486 e. The maximum Gasteiger partial charge on any atom is 0.255 e. The molecule has 1 saturated heterocycles. The standard InChI is InChI=1S/C27H26ClN3O5/c1-34-25-16-20(15-24(28)30-25)26(32)29-21-5-2-17(3-6-21)18-8-10-31(11-9-18)27(33)19-4-7-22-23(14-19)36-13-12-35-22/h2-7,14-16,18H,8-13H2,1H3,(H,29,32). The van der Waals surface area contributed by atoms with E-state index in [1.807, 2.05) is 29.2 Å². The number of pyridine rings is 1. The Hall–Kier alpha value is -3.78. The van der Waals surface area contributed by atoms with Crippen molar-refractivity contribution in [1.29, 1.82) is 0 Å². The maximum atomic E-state index is 13.0. The molecule has 186 valence electrons. The molecule has 0 unspecified atom stereocenters. The number of halogens is 1. The van der Waals surface area contributed by atoms with Gasteiger partial charge in [0.2, 0.25) is 5.88 Å². The number of carbonyl (C=O) groups excluding carboxylic acids is 2. The molecule has 0 bridgehead atoms. The van der Waals surface area contributed by atoms with Crippen LogP contribution in [0.2, 0.25) is 5.15 Å². The number of ether oxygens (including phenoxy) is 3. The van der Waals surface area contributed by atoms with Crippen molar-refractivity contribution in [3.8, 4) is 17.4 Å². The van der Waals surface area contributed by atoms with Crippen LogP contribution < -0.4 is 19.5 Å². The molecule has 3 aromatic rings. The molecule has 1 fully saturated rings. The van der Waals surface area contributed by atoms with Crippen molar-refractivity contribution < 1.29 is 23.8 Å². The fourth-order valence-electron chi connectivity index (χ4n) is 4.53. The van der Waals surface area contributed by atoms with Crippen LogP contribution >= 0.6 is 11.6 Å². The first-order valence-corrected chi connectivity index (χ1v) is 12.2. The zero-order valence-corrected chi connectivity index (χ0v) is 20.6. The van der Waals surface area contributed by atoms with Crippen molar-refractivity contribution in [2.45, 2.75) is 18.8 Å². The number of anilines is 1. The summed E-state index contributed by atoms with van der Waals surface area (Å²) in [6.07, 6.45) is 1.74. The summed E-state index contributed by atoms with van der Waals surface area (Å²) in [5.41, 5.74) is 2.85. The quantitative estimate of drug-likeness (QED) is 0.499. The van der Waals surface area contributed by atoms with Gasteiger partial charge in [-0.3, -0.25) is 9.59 Å². The van der Waals surface area contributed by atoms with Crippen LogP contribution in [0.4, 0.5) is 5.69 Å². The van der Waals surface area contributed by atoms with Gasteiger partial charge in [-0.15, -0.1) is 0 Å². The van der Waals surface area contributed by atoms with Gasteiger partial charge in [-0.05, 0) is 60.7 Å². The molecule has 2 aliphatic heterocycles. The molecule has 9 heteroatoms. The second-order valence-corrected chi connectivity index (χ2v) is 9.11. The van der Waals surface area contributed by atoms with Gasteiger partial charge in [0.25, 0.3) is 11.8 Å². The molecule has 1 aromatic heterocycles. The van der Waals surface area contributed by atoms with Crippen molar-refractivity contribution in [2.75, 3.05) is 38.7 Å². The lowest BCUT2D eigenvalue weighted by Crippen LogP contribution is -2.38. The van der Waals surface area contributed by atoms with E-state index in [0.29, 0.717) is 60.5 Å². The first kappa shape index (κ1) is 23.9. The van der Waals surface area contributed by atoms with Crippen LogP contribution in [0.5, 0.6) is 17.4 Å². The minimum absolute atomic E-state index is 0.0105. The molecule has 36 heavy (non-hydrogen) atoms. The molecule has 0 atom stereocenters. The normalized spacial score (nSPS) is 15.3. The third-order valence-electron chi connectivity index (χ3n) is 6.45. The number of aromatic nitrogens is 1. The lowest BCUT2D eigenvalue weighted by atomic mass is 9.89. The van der Waals surface area contributed by atoms with Crippen molar-refractivity contribution in [2.24, 2.45) is 0 Å². The summed E-state index contributed by atoms with van der Waals surface area (Å²) in [5.74, 6) is 1.65. The van der Waals surface area contributed by atoms with Gasteiger partial charge in [-0.2, -0.15) is 0 Å². The number of carbonyl (C=O) groups is 2. The number of methoxy groups -OCH3 is 1. The van der Waals surface area contributed by atoms with Gasteiger partial charge in [0.05, 0.1) is 7.11 Å². The zero-order chi connectivity index (χ0) is 25.1. The lowest BCUT2D eigenvalue weighted by Gasteiger charge is -2.32. The summed E-state index contributed by atoms with van der Waals surface area (Å²) in [6.45, 7) is 2.38. The van der Waals surface area contributed by atoms with Crippen LogP contribution in [0.1, 0.15) is 45.0 Å². The second-order valence-electron chi connectivity index (χ2n) is 8.72. The van der Waals surface area contributed by atoms with E-state index in [2.05, 4.69) is 10.3 Å². The van der Waals surface area contributed by atoms with Crippen LogP contribution in [0.3, 0.4) is 0 Å². The maximum absolute atomic E-state index is 13.0. The summed E-state index contributed by atoms with van der Waals surface area (Å²) in [7, 11) is 1.47. The van der Waals surface area contributed by atoms with E-state index < -0.39 is 0 Å². The molecule has 8 nitrogen and oxygen atoms in total. The van der Waals surface area contributed by atoms with E-state index >= 15 is 0 Å². The van der Waals surface area contributed by atoms with E-state index in [1.165, 1.54) is 24.8 Å². The highest BCUT2D eigenvalue weighted by Gasteiger charge is 2.26. The smallest absolute Gasteiger partial charge is 0.255 e. The molecule has 1 N–H and O–H groups in total. The van der Waals surface area contributed by atoms with Gasteiger partial charge in [0, 0.05) is 36.0 Å². The van der Waals surface area contributed by atoms with Crippen LogP contribution in [-0.4, -0.2) is 55.1 Å². The number of nitrogens with one attached hydrogen (secondary N) is 1. The number of nitrogens with zero attached hydrogens (tertiary/aromatic N) is 2. The van der Waals surface area contributed by atoms with Gasteiger partial charge in [-0.25, -0.2) is 4.98 Å². The SMILES string of the molecule is COc1cc(C(=O)Nc2ccc(C3CCN(C(=O)c4ccc5c(c4)OCCO5)CC3)cc2)cc(Cl)n1. The summed E-state index contributed by atoms with van der Waals surface area (Å²) in [5, 5.41) is 3.06. The van der Waals surface area contributed by atoms with E-state index in [4.69, 9.17) is 25.8 Å². The number of piperidine rings is 1. The minimum atomic E-state index is -0.295. The van der Waals surface area contributed by atoms with E-state index in [-0.39, 0.29) is 22.8 Å². The predicted molar refractivity (Wildman–Crippen MR) is 136 cm³/mol. The Kier molecular flexibility index (Phi) is 6.95. The number of hydrogen-bond acceptors (Lipinski definition) is 6. The molecule has 3 heterocycles. The van der Waals surface area contributed by atoms with Crippen LogP contribution in [0.25, 0.3) is 0 Å². The molecular weight excluding hydrogens is 482 g/mol. The molecule has 5 rings (SSSR count). The van der Waals surface area contributed by atoms with E-state index in [9.17, 15) is 9.59 Å². The van der Waals surface area contributed by atoms with Gasteiger partial charge < -0.3 is 24.4 Å². The average molecular weight is 508 g/mol. The Bertz CT molecular complexity index is 1270. The number of benzene rings is 2. The van der Waals surface area contributed by atoms with Crippen molar-refractivity contribution >= 4 is 29.1 Å². The van der Waals surface area contributed by atoms with E-state index in [0.717, 1.165) is 12.8 Å². The van der Waals surface area contributed by atoms with Gasteiger partial charge >= 0.3 is 0 Å². The topological polar surface area (TPSA) is 90.0 Å². The molecular formula is C27H26ClN3O5. The Labute approximate surface area is 214 Å². The highest BCUT2D eigenvalue weighted by Crippen LogP contribution is 2.33. The summed E-state index contributed by atoms with van der Waals surface area (Å²) < 4.78 is 16.2. The number of likely N-dealkylation sites (tertiary alicyclic amines) is 1. The summed E-state index contributed by atoms with van der Waals surface area (Å²) in [6, 6.07) is 16.2. The Morgan fingerprint density at radius 3 is 2.42 bits per heavy atom. The summed E-state index contributed by atoms with van der Waals surface area (Å²) >= 11 is 5.97. The fraction of sp³-hybridized carbons (Fsp3) is 0.296. The average Bonchev–Trinajstić information content (AvgIpc) is 2.92. The Morgan fingerprint density at radius 1 is 0.972 bits per heavy atom. The van der Waals surface area contributed by atoms with Crippen molar-refractivity contribution in [3.63, 3.8) is 0 Å². The Morgan fingerprint density at radius 2 is 1.69 bits per heavy atom. The van der Waals surface area contributed by atoms with Crippen LogP contribution in [0.15, 0.2) is 54.6 Å². The molecule has 0 aliphatic carbocycles. The first-order valence-electron chi connectivity index (χ1n) is 11.8. The van der Waals surface area contributed by atoms with Crippen LogP contribution in [-0.2, 0) is 0 Å². The van der Waals surface area contributed by atoms with Crippen LogP contribution in [0, 0.1) is 0 Å². The number of fused-ring (bicyclic) bond motifs is 1. The summed E-state index contributed by atoms with van der Waals surface area (Å²) in [4.78, 5) is 31.5. The molecule has 0 radical (unpaired) electrons. The fourth-order valence-corrected chi connectivity index (χ4v) is 4.73. The highest BCUT2D eigenvalue weighted by atomic mass is 35.5. The van der Waals surface area contributed by atoms with Gasteiger partial charge in [-0.1, -0.05) is 23.7 Å². The number of hydrogen-bond donors (Lipinski definition) is 1. The first-order chi connectivity index (χ1) is 17.5. The van der Waals surface area contributed by atoms with Crippen molar-refractivity contribution in [1.82, 2.24) is 9.88 Å². The van der Waals surface area contributed by atoms with Crippen molar-refractivity contribution in [3.05, 3.63) is 76.4 Å². The largest absolute Gasteiger partial charge is 0.486 e. The predicted octanol–water partition coefficient (Wildman–Crippen LogP) is 4.79. The number of rotatable bonds is 5. The molecule has 0 spiro atoms. The molecule has 2 aliphatic rings. The second kappa shape index (κ2) is 10.5. The Balaban J connectivity index is 1.17. The third-order valence-corrected chi connectivity index (χ3v) is 6.65. The highest BCUT2D eigenvalue weighted by molar-refractivity contribution is 6.30. The number of amides is 2. The van der Waals surface area contributed by atoms with E-state index in [1.54, 1.807) is 18.2 Å².